The van der Waals surface area contributed by atoms with Crippen molar-refractivity contribution in [3.8, 4) is 0 Å². The fourth-order valence-electron chi connectivity index (χ4n) is 6.82. The summed E-state index contributed by atoms with van der Waals surface area (Å²) in [6, 6.07) is 24.9. The zero-order chi connectivity index (χ0) is 41.1. The Morgan fingerprint density at radius 1 is 0.649 bits per heavy atom. The molecule has 0 N–H and O–H groups in total. The zero-order valence-electron chi connectivity index (χ0n) is 33.9. The number of esters is 3. The molecule has 0 bridgehead atoms. The first-order chi connectivity index (χ1) is 27.0. The Bertz CT molecular complexity index is 1820. The summed E-state index contributed by atoms with van der Waals surface area (Å²) in [6.45, 7) is 16.2. The Hall–Kier alpha value is -3.99. The molecule has 3 fully saturated rings. The minimum absolute atomic E-state index is 0.0687. The SMILES string of the molecule is CO[C@H]1O[C@H](CO[C@@H]2O[C@@H](C)[C@H](O[Si](C)(C)C(C)(C)C)[C@H]3OC(C)(C)O[C@@H]23)[C@@H](OC(=O)c2ccccc2)[C@H](OC(=O)c2ccccc2)[C@H]1OC(=O)c1ccccc1. The molecule has 3 aromatic rings. The molecular formula is C43H54O13Si. The van der Waals surface area contributed by atoms with Crippen LogP contribution in [0.1, 0.15) is 72.6 Å². The van der Waals surface area contributed by atoms with Gasteiger partial charge in [-0.2, -0.15) is 0 Å². The van der Waals surface area contributed by atoms with Gasteiger partial charge in [0.15, 0.2) is 45.0 Å². The van der Waals surface area contributed by atoms with Crippen LogP contribution >= 0.6 is 0 Å². The van der Waals surface area contributed by atoms with Gasteiger partial charge in [0.05, 0.1) is 29.4 Å². The lowest BCUT2D eigenvalue weighted by atomic mass is 9.97. The number of hydrogen-bond acceptors (Lipinski definition) is 13. The summed E-state index contributed by atoms with van der Waals surface area (Å²) in [6.07, 6.45) is -9.76. The molecule has 3 heterocycles. The Labute approximate surface area is 335 Å². The van der Waals surface area contributed by atoms with Crippen LogP contribution in [0.25, 0.3) is 0 Å². The highest BCUT2D eigenvalue weighted by Gasteiger charge is 2.58. The van der Waals surface area contributed by atoms with Crippen molar-refractivity contribution in [3.05, 3.63) is 108 Å². The molecule has 0 amide bonds. The maximum absolute atomic E-state index is 13.8. The lowest BCUT2D eigenvalue weighted by molar-refractivity contribution is -0.315. The molecule has 3 aliphatic heterocycles. The molecule has 10 atom stereocenters. The van der Waals surface area contributed by atoms with Crippen LogP contribution in [-0.4, -0.2) is 107 Å². The van der Waals surface area contributed by atoms with E-state index in [2.05, 4.69) is 33.9 Å². The van der Waals surface area contributed by atoms with Gasteiger partial charge in [-0.3, -0.25) is 0 Å². The van der Waals surface area contributed by atoms with E-state index in [0.29, 0.717) is 0 Å². The molecule has 57 heavy (non-hydrogen) atoms. The monoisotopic (exact) mass is 806 g/mol. The molecule has 3 saturated heterocycles. The quantitative estimate of drug-likeness (QED) is 0.109. The third-order valence-corrected chi connectivity index (χ3v) is 15.3. The molecule has 0 spiro atoms. The molecule has 3 aliphatic rings. The summed E-state index contributed by atoms with van der Waals surface area (Å²) in [5.41, 5.74) is 0.688. The van der Waals surface area contributed by atoms with Gasteiger partial charge in [-0.15, -0.1) is 0 Å². The summed E-state index contributed by atoms with van der Waals surface area (Å²) in [7, 11) is -0.910. The van der Waals surface area contributed by atoms with Crippen LogP contribution in [0, 0.1) is 0 Å². The maximum Gasteiger partial charge on any atom is 0.338 e. The minimum atomic E-state index is -2.27. The highest BCUT2D eigenvalue weighted by molar-refractivity contribution is 6.74. The first kappa shape index (κ1) is 42.6. The molecule has 0 saturated carbocycles. The molecule has 6 rings (SSSR count). The largest absolute Gasteiger partial charge is 0.452 e. The Morgan fingerprint density at radius 3 is 1.58 bits per heavy atom. The summed E-state index contributed by atoms with van der Waals surface area (Å²) >= 11 is 0. The second-order valence-electron chi connectivity index (χ2n) is 16.4. The molecule has 3 aromatic carbocycles. The van der Waals surface area contributed by atoms with E-state index in [4.69, 9.17) is 47.1 Å². The summed E-state index contributed by atoms with van der Waals surface area (Å²) in [5.74, 6) is -3.19. The summed E-state index contributed by atoms with van der Waals surface area (Å²) in [5, 5.41) is -0.0687. The second-order valence-corrected chi connectivity index (χ2v) is 21.2. The molecule has 0 aromatic heterocycles. The van der Waals surface area contributed by atoms with Gasteiger partial charge in [0.2, 0.25) is 0 Å². The fourth-order valence-corrected chi connectivity index (χ4v) is 8.18. The molecule has 0 aliphatic carbocycles. The van der Waals surface area contributed by atoms with Crippen molar-refractivity contribution in [2.45, 2.75) is 127 Å². The third-order valence-electron chi connectivity index (χ3n) is 10.8. The van der Waals surface area contributed by atoms with E-state index in [1.807, 2.05) is 20.8 Å². The van der Waals surface area contributed by atoms with E-state index < -0.39 is 93.4 Å². The highest BCUT2D eigenvalue weighted by Crippen LogP contribution is 2.44. The van der Waals surface area contributed by atoms with Crippen molar-refractivity contribution in [1.82, 2.24) is 0 Å². The van der Waals surface area contributed by atoms with Gasteiger partial charge in [-0.25, -0.2) is 14.4 Å². The number of fused-ring (bicyclic) bond motifs is 1. The van der Waals surface area contributed by atoms with Crippen molar-refractivity contribution in [3.63, 3.8) is 0 Å². The number of benzene rings is 3. The van der Waals surface area contributed by atoms with E-state index >= 15 is 0 Å². The van der Waals surface area contributed by atoms with Crippen molar-refractivity contribution in [2.24, 2.45) is 0 Å². The predicted octanol–water partition coefficient (Wildman–Crippen LogP) is 6.71. The second kappa shape index (κ2) is 17.5. The van der Waals surface area contributed by atoms with Crippen LogP contribution in [0.5, 0.6) is 0 Å². The van der Waals surface area contributed by atoms with Gasteiger partial charge >= 0.3 is 17.9 Å². The van der Waals surface area contributed by atoms with Crippen molar-refractivity contribution < 1.29 is 61.4 Å². The lowest BCUT2D eigenvalue weighted by Crippen LogP contribution is -2.64. The molecular weight excluding hydrogens is 753 g/mol. The normalized spacial score (nSPS) is 29.8. The number of ether oxygens (including phenoxy) is 9. The Morgan fingerprint density at radius 2 is 1.11 bits per heavy atom. The number of carbonyl (C=O) groups is 3. The molecule has 13 nitrogen and oxygen atoms in total. The van der Waals surface area contributed by atoms with Crippen LogP contribution < -0.4 is 0 Å². The molecule has 0 radical (unpaired) electrons. The first-order valence-electron chi connectivity index (χ1n) is 19.2. The fraction of sp³-hybridized carbons (Fsp3) is 0.512. The Balaban J connectivity index is 1.32. The maximum atomic E-state index is 13.8. The number of methoxy groups -OCH3 is 1. The highest BCUT2D eigenvalue weighted by atomic mass is 28.4. The number of rotatable bonds is 12. The van der Waals surface area contributed by atoms with Crippen molar-refractivity contribution >= 4 is 26.2 Å². The van der Waals surface area contributed by atoms with E-state index in [-0.39, 0.29) is 28.3 Å². The Kier molecular flexibility index (Phi) is 13.1. The van der Waals surface area contributed by atoms with Crippen LogP contribution in [0.2, 0.25) is 18.1 Å². The minimum Gasteiger partial charge on any atom is -0.452 e. The lowest BCUT2D eigenvalue weighted by Gasteiger charge is -2.47. The van der Waals surface area contributed by atoms with Crippen molar-refractivity contribution in [2.75, 3.05) is 13.7 Å². The number of carbonyl (C=O) groups excluding carboxylic acids is 3. The number of hydrogen-bond donors (Lipinski definition) is 0. The molecule has 308 valence electrons. The van der Waals surface area contributed by atoms with E-state index in [1.54, 1.807) is 91.0 Å². The van der Waals surface area contributed by atoms with Gasteiger partial charge in [0.1, 0.15) is 24.4 Å². The summed E-state index contributed by atoms with van der Waals surface area (Å²) in [4.78, 5) is 41.1. The zero-order valence-corrected chi connectivity index (χ0v) is 34.9. The molecule has 0 unspecified atom stereocenters. The van der Waals surface area contributed by atoms with Crippen LogP contribution in [0.3, 0.4) is 0 Å². The van der Waals surface area contributed by atoms with Gasteiger partial charge in [0.25, 0.3) is 0 Å². The van der Waals surface area contributed by atoms with E-state index in [1.165, 1.54) is 7.11 Å². The van der Waals surface area contributed by atoms with Gasteiger partial charge in [-0.05, 0) is 75.3 Å². The smallest absolute Gasteiger partial charge is 0.338 e. The van der Waals surface area contributed by atoms with Gasteiger partial charge in [0, 0.05) is 7.11 Å². The van der Waals surface area contributed by atoms with Crippen molar-refractivity contribution in [1.29, 1.82) is 0 Å². The first-order valence-corrected chi connectivity index (χ1v) is 22.2. The molecule has 14 heteroatoms. The van der Waals surface area contributed by atoms with Gasteiger partial charge in [-0.1, -0.05) is 75.4 Å². The van der Waals surface area contributed by atoms with E-state index in [9.17, 15) is 14.4 Å². The van der Waals surface area contributed by atoms with Crippen LogP contribution in [0.15, 0.2) is 91.0 Å². The summed E-state index contributed by atoms with van der Waals surface area (Å²) < 4.78 is 63.1. The standard InChI is InChI=1S/C43H54O13Si/c1-26-31(56-57(8,9)42(2,3)4)34-36(55-43(5,6)54-34)41(49-26)48-25-30-32(51-37(44)27-19-13-10-14-20-27)33(52-38(45)28-21-15-11-16-22-28)35(40(47-7)50-30)53-39(46)29-23-17-12-18-24-29/h10-24,26,30-36,40-41H,25H2,1-9H3/t26-,30+,31-,32+,33-,34+,35+,36+,40-,41+/m0/s1. The van der Waals surface area contributed by atoms with Crippen LogP contribution in [-0.2, 0) is 47.1 Å². The average Bonchev–Trinajstić information content (AvgIpc) is 3.52. The van der Waals surface area contributed by atoms with E-state index in [0.717, 1.165) is 0 Å². The van der Waals surface area contributed by atoms with Gasteiger partial charge < -0.3 is 47.1 Å². The average molecular weight is 807 g/mol. The predicted molar refractivity (Wildman–Crippen MR) is 209 cm³/mol. The van der Waals surface area contributed by atoms with Crippen LogP contribution in [0.4, 0.5) is 0 Å². The topological polar surface area (TPSA) is 144 Å². The third kappa shape index (κ3) is 9.83.